The quantitative estimate of drug-likeness (QED) is 0.461. The van der Waals surface area contributed by atoms with E-state index in [1.807, 2.05) is 0 Å². The van der Waals surface area contributed by atoms with Crippen LogP contribution in [0.25, 0.3) is 0 Å². The van der Waals surface area contributed by atoms with Crippen molar-refractivity contribution in [1.29, 1.82) is 0 Å². The summed E-state index contributed by atoms with van der Waals surface area (Å²) in [7, 11) is -4.38. The molecule has 2 aromatic carbocycles. The SMILES string of the molecule is Nc1cc(F)c(S(=O)(=O)N2CCC(O)CC2)cc1C(=O)Nc1ccc(F)c(C(F)(F)F)c1. The molecule has 13 heteroatoms. The van der Waals surface area contributed by atoms with Crippen LogP contribution in [0.3, 0.4) is 0 Å². The number of rotatable bonds is 4. The number of benzene rings is 2. The highest BCUT2D eigenvalue weighted by molar-refractivity contribution is 7.89. The number of alkyl halides is 3. The van der Waals surface area contributed by atoms with Gasteiger partial charge in [0.05, 0.1) is 17.2 Å². The maximum Gasteiger partial charge on any atom is 0.419 e. The Morgan fingerprint density at radius 1 is 1.09 bits per heavy atom. The predicted octanol–water partition coefficient (Wildman–Crippen LogP) is 2.96. The Morgan fingerprint density at radius 3 is 2.31 bits per heavy atom. The van der Waals surface area contributed by atoms with Crippen LogP contribution < -0.4 is 11.1 Å². The molecule has 174 valence electrons. The zero-order valence-corrected chi connectivity index (χ0v) is 17.1. The first-order chi connectivity index (χ1) is 14.8. The lowest BCUT2D eigenvalue weighted by molar-refractivity contribution is -0.139. The predicted molar refractivity (Wildman–Crippen MR) is 104 cm³/mol. The second-order valence-electron chi connectivity index (χ2n) is 7.15. The molecule has 0 atom stereocenters. The number of sulfonamides is 1. The number of halogens is 5. The van der Waals surface area contributed by atoms with Gasteiger partial charge in [-0.25, -0.2) is 17.2 Å². The zero-order valence-electron chi connectivity index (χ0n) is 16.3. The van der Waals surface area contributed by atoms with Crippen LogP contribution in [0.2, 0.25) is 0 Å². The summed E-state index contributed by atoms with van der Waals surface area (Å²) >= 11 is 0. The Kier molecular flexibility index (Phi) is 6.45. The molecule has 2 aromatic rings. The van der Waals surface area contributed by atoms with Gasteiger partial charge in [-0.1, -0.05) is 0 Å². The van der Waals surface area contributed by atoms with Gasteiger partial charge in [0, 0.05) is 24.5 Å². The molecular weight excluding hydrogens is 461 g/mol. The Hall–Kier alpha value is -2.77. The van der Waals surface area contributed by atoms with E-state index in [0.29, 0.717) is 24.3 Å². The van der Waals surface area contributed by atoms with Crippen molar-refractivity contribution >= 4 is 27.3 Å². The molecule has 7 nitrogen and oxygen atoms in total. The van der Waals surface area contributed by atoms with Crippen molar-refractivity contribution in [3.8, 4) is 0 Å². The molecule has 0 spiro atoms. The van der Waals surface area contributed by atoms with E-state index < -0.39 is 67.2 Å². The molecule has 0 bridgehead atoms. The van der Waals surface area contributed by atoms with Crippen LogP contribution in [0.15, 0.2) is 35.2 Å². The number of nitrogens with two attached hydrogens (primary N) is 1. The fourth-order valence-corrected chi connectivity index (χ4v) is 4.75. The molecule has 0 saturated carbocycles. The molecule has 1 aliphatic rings. The van der Waals surface area contributed by atoms with Crippen LogP contribution in [0.4, 0.5) is 33.3 Å². The molecule has 0 aromatic heterocycles. The lowest BCUT2D eigenvalue weighted by Crippen LogP contribution is -2.40. The topological polar surface area (TPSA) is 113 Å². The molecule has 4 N–H and O–H groups in total. The second kappa shape index (κ2) is 8.64. The fraction of sp³-hybridized carbons (Fsp3) is 0.316. The molecule has 1 saturated heterocycles. The minimum atomic E-state index is -5.01. The molecule has 0 radical (unpaired) electrons. The third kappa shape index (κ3) is 4.84. The van der Waals surface area contributed by atoms with Gasteiger partial charge in [-0.15, -0.1) is 0 Å². The molecule has 32 heavy (non-hydrogen) atoms. The highest BCUT2D eigenvalue weighted by Gasteiger charge is 2.35. The lowest BCUT2D eigenvalue weighted by Gasteiger charge is -2.29. The average Bonchev–Trinajstić information content (AvgIpc) is 2.68. The number of anilines is 2. The van der Waals surface area contributed by atoms with Gasteiger partial charge in [-0.05, 0) is 43.2 Å². The lowest BCUT2D eigenvalue weighted by atomic mass is 10.1. The van der Waals surface area contributed by atoms with E-state index in [4.69, 9.17) is 5.73 Å². The minimum absolute atomic E-state index is 0.0648. The molecule has 0 unspecified atom stereocenters. The molecule has 1 heterocycles. The summed E-state index contributed by atoms with van der Waals surface area (Å²) in [4.78, 5) is 11.7. The van der Waals surface area contributed by atoms with Gasteiger partial charge < -0.3 is 16.2 Å². The number of carbonyl (C=O) groups excluding carboxylic acids is 1. The first kappa shape index (κ1) is 23.9. The molecule has 1 amide bonds. The van der Waals surface area contributed by atoms with E-state index in [1.54, 1.807) is 0 Å². The van der Waals surface area contributed by atoms with Crippen molar-refractivity contribution < 1.29 is 40.3 Å². The summed E-state index contributed by atoms with van der Waals surface area (Å²) in [6.07, 6.45) is -5.40. The number of hydrogen-bond acceptors (Lipinski definition) is 5. The Bertz CT molecular complexity index is 1150. The summed E-state index contributed by atoms with van der Waals surface area (Å²) in [6, 6.07) is 3.05. The number of nitrogen functional groups attached to an aromatic ring is 1. The number of aliphatic hydroxyl groups is 1. The largest absolute Gasteiger partial charge is 0.419 e. The van der Waals surface area contributed by atoms with Gasteiger partial charge >= 0.3 is 6.18 Å². The maximum absolute atomic E-state index is 14.4. The second-order valence-corrected chi connectivity index (χ2v) is 9.06. The van der Waals surface area contributed by atoms with Crippen LogP contribution in [0.5, 0.6) is 0 Å². The van der Waals surface area contributed by atoms with Crippen molar-refractivity contribution in [2.24, 2.45) is 0 Å². The summed E-state index contributed by atoms with van der Waals surface area (Å²) in [5.74, 6) is -3.88. The first-order valence-corrected chi connectivity index (χ1v) is 10.7. The average molecular weight is 479 g/mol. The molecular formula is C19H18F5N3O4S. The summed E-state index contributed by atoms with van der Waals surface area (Å²) < 4.78 is 93.1. The van der Waals surface area contributed by atoms with E-state index in [-0.39, 0.29) is 25.9 Å². The van der Waals surface area contributed by atoms with Crippen molar-refractivity contribution in [3.05, 3.63) is 53.1 Å². The summed E-state index contributed by atoms with van der Waals surface area (Å²) in [5, 5.41) is 11.6. The molecule has 3 rings (SSSR count). The van der Waals surface area contributed by atoms with E-state index in [2.05, 4.69) is 5.32 Å². The smallest absolute Gasteiger partial charge is 0.398 e. The van der Waals surface area contributed by atoms with Crippen LogP contribution >= 0.6 is 0 Å². The van der Waals surface area contributed by atoms with E-state index in [9.17, 15) is 40.3 Å². The highest BCUT2D eigenvalue weighted by atomic mass is 32.2. The number of amides is 1. The van der Waals surface area contributed by atoms with Crippen LogP contribution in [0, 0.1) is 11.6 Å². The van der Waals surface area contributed by atoms with E-state index in [1.165, 1.54) is 0 Å². The van der Waals surface area contributed by atoms with Gasteiger partial charge in [-0.3, -0.25) is 4.79 Å². The van der Waals surface area contributed by atoms with Gasteiger partial charge in [0.25, 0.3) is 5.91 Å². The normalized spacial score (nSPS) is 16.2. The zero-order chi connectivity index (χ0) is 23.8. The van der Waals surface area contributed by atoms with Crippen molar-refractivity contribution in [3.63, 3.8) is 0 Å². The standard InChI is InChI=1S/C19H18F5N3O4S/c20-14-2-1-10(7-13(14)19(22,23)24)26-18(29)12-8-17(15(21)9-16(12)25)32(30,31)27-5-3-11(28)4-6-27/h1-2,7-9,11,28H,3-6,25H2,(H,26,29). The van der Waals surface area contributed by atoms with Gasteiger partial charge in [-0.2, -0.15) is 17.5 Å². The number of hydrogen-bond donors (Lipinski definition) is 3. The fourth-order valence-electron chi connectivity index (χ4n) is 3.20. The Labute approximate surface area is 179 Å². The first-order valence-electron chi connectivity index (χ1n) is 9.26. The Morgan fingerprint density at radius 2 is 1.72 bits per heavy atom. The van der Waals surface area contributed by atoms with Gasteiger partial charge in [0.2, 0.25) is 10.0 Å². The highest BCUT2D eigenvalue weighted by Crippen LogP contribution is 2.33. The van der Waals surface area contributed by atoms with E-state index >= 15 is 0 Å². The third-order valence-corrected chi connectivity index (χ3v) is 6.83. The van der Waals surface area contributed by atoms with Crippen LogP contribution in [-0.4, -0.2) is 42.9 Å². The summed E-state index contributed by atoms with van der Waals surface area (Å²) in [5.41, 5.74) is 2.63. The third-order valence-electron chi connectivity index (χ3n) is 4.92. The van der Waals surface area contributed by atoms with Gasteiger partial charge in [0.1, 0.15) is 16.5 Å². The molecule has 1 fully saturated rings. The molecule has 1 aliphatic heterocycles. The van der Waals surface area contributed by atoms with Gasteiger partial charge in [0.15, 0.2) is 0 Å². The summed E-state index contributed by atoms with van der Waals surface area (Å²) in [6.45, 7) is -0.130. The van der Waals surface area contributed by atoms with Crippen molar-refractivity contribution in [2.75, 3.05) is 24.1 Å². The van der Waals surface area contributed by atoms with Crippen LogP contribution in [0.1, 0.15) is 28.8 Å². The van der Waals surface area contributed by atoms with E-state index in [0.717, 1.165) is 10.4 Å². The number of carbonyl (C=O) groups is 1. The maximum atomic E-state index is 14.4. The monoisotopic (exact) mass is 479 g/mol. The number of aliphatic hydroxyl groups excluding tert-OH is 1. The van der Waals surface area contributed by atoms with Crippen molar-refractivity contribution in [2.45, 2.75) is 30.0 Å². The van der Waals surface area contributed by atoms with Crippen LogP contribution in [-0.2, 0) is 16.2 Å². The van der Waals surface area contributed by atoms with Crippen molar-refractivity contribution in [1.82, 2.24) is 4.31 Å². The number of nitrogens with one attached hydrogen (secondary N) is 1. The number of nitrogens with zero attached hydrogens (tertiary/aromatic N) is 1. The number of piperidine rings is 1. The molecule has 0 aliphatic carbocycles. The minimum Gasteiger partial charge on any atom is -0.398 e. The Balaban J connectivity index is 1.93.